The van der Waals surface area contributed by atoms with Crippen molar-refractivity contribution in [3.63, 3.8) is 0 Å². The van der Waals surface area contributed by atoms with Crippen LogP contribution in [-0.4, -0.2) is 39.6 Å². The number of hydrogen-bond acceptors (Lipinski definition) is 5. The number of carbonyl (C=O) groups excluding carboxylic acids is 2. The Morgan fingerprint density at radius 2 is 2.21 bits per heavy atom. The Morgan fingerprint density at radius 1 is 1.38 bits per heavy atom. The van der Waals surface area contributed by atoms with Crippen LogP contribution in [0.15, 0.2) is 29.0 Å². The molecule has 0 fully saturated rings. The van der Waals surface area contributed by atoms with Gasteiger partial charge in [-0.1, -0.05) is 5.16 Å². The van der Waals surface area contributed by atoms with Crippen molar-refractivity contribution in [3.8, 4) is 0 Å². The molecule has 0 saturated heterocycles. The zero-order valence-electron chi connectivity index (χ0n) is 13.6. The predicted octanol–water partition coefficient (Wildman–Crippen LogP) is 1.80. The summed E-state index contributed by atoms with van der Waals surface area (Å²) >= 11 is 0. The number of anilines is 1. The lowest BCUT2D eigenvalue weighted by molar-refractivity contribution is 0.101. The van der Waals surface area contributed by atoms with Crippen molar-refractivity contribution in [3.05, 3.63) is 41.5 Å². The van der Waals surface area contributed by atoms with Gasteiger partial charge >= 0.3 is 6.03 Å². The number of amides is 3. The van der Waals surface area contributed by atoms with E-state index in [1.807, 2.05) is 13.8 Å². The second-order valence-electron chi connectivity index (χ2n) is 5.90. The van der Waals surface area contributed by atoms with Crippen molar-refractivity contribution < 1.29 is 14.1 Å². The van der Waals surface area contributed by atoms with Crippen LogP contribution in [0, 0.1) is 0 Å². The molecule has 8 nitrogen and oxygen atoms in total. The Morgan fingerprint density at radius 3 is 2.92 bits per heavy atom. The van der Waals surface area contributed by atoms with Gasteiger partial charge in [0.15, 0.2) is 5.69 Å². The zero-order chi connectivity index (χ0) is 17.1. The van der Waals surface area contributed by atoms with Crippen LogP contribution >= 0.6 is 0 Å². The molecule has 0 unspecified atom stereocenters. The van der Waals surface area contributed by atoms with E-state index < -0.39 is 0 Å². The first-order chi connectivity index (χ1) is 11.5. The largest absolute Gasteiger partial charge is 0.360 e. The zero-order valence-corrected chi connectivity index (χ0v) is 13.6. The van der Waals surface area contributed by atoms with E-state index in [-0.39, 0.29) is 23.7 Å². The standard InChI is InChI=1S/C16H19N5O3/c1-10(2)18-16(23)21-7-5-13-12(9-21)14(20-24-13)15(22)19-11-4-3-6-17-8-11/h3-4,6,8,10H,5,7,9H2,1-2H3,(H,18,23)(H,19,22). The molecular weight excluding hydrogens is 310 g/mol. The van der Waals surface area contributed by atoms with E-state index in [1.54, 1.807) is 29.4 Å². The number of urea groups is 1. The first kappa shape index (κ1) is 16.0. The summed E-state index contributed by atoms with van der Waals surface area (Å²) in [6.07, 6.45) is 3.71. The van der Waals surface area contributed by atoms with E-state index in [9.17, 15) is 9.59 Å². The minimum atomic E-state index is -0.376. The van der Waals surface area contributed by atoms with Crippen LogP contribution in [0.4, 0.5) is 10.5 Å². The van der Waals surface area contributed by atoms with Gasteiger partial charge in [-0.2, -0.15) is 0 Å². The Bertz CT molecular complexity index is 741. The lowest BCUT2D eigenvalue weighted by Crippen LogP contribution is -2.45. The highest BCUT2D eigenvalue weighted by Crippen LogP contribution is 2.23. The smallest absolute Gasteiger partial charge is 0.317 e. The number of hydrogen-bond donors (Lipinski definition) is 2. The van der Waals surface area contributed by atoms with Gasteiger partial charge in [-0.3, -0.25) is 9.78 Å². The van der Waals surface area contributed by atoms with Crippen molar-refractivity contribution in [2.24, 2.45) is 0 Å². The van der Waals surface area contributed by atoms with Crippen molar-refractivity contribution in [1.29, 1.82) is 0 Å². The molecule has 0 aromatic carbocycles. The molecule has 0 aliphatic carbocycles. The number of nitrogens with one attached hydrogen (secondary N) is 2. The molecule has 8 heteroatoms. The predicted molar refractivity (Wildman–Crippen MR) is 86.5 cm³/mol. The average Bonchev–Trinajstić information content (AvgIpc) is 2.98. The van der Waals surface area contributed by atoms with Crippen molar-refractivity contribution in [1.82, 2.24) is 20.4 Å². The Balaban J connectivity index is 1.75. The number of fused-ring (bicyclic) bond motifs is 1. The Kier molecular flexibility index (Phi) is 4.45. The van der Waals surface area contributed by atoms with Crippen LogP contribution in [0.5, 0.6) is 0 Å². The van der Waals surface area contributed by atoms with Crippen molar-refractivity contribution in [2.75, 3.05) is 11.9 Å². The third-order valence-electron chi connectivity index (χ3n) is 3.66. The van der Waals surface area contributed by atoms with Gasteiger partial charge in [0, 0.05) is 30.8 Å². The molecular formula is C16H19N5O3. The Hall–Kier alpha value is -2.90. The van der Waals surface area contributed by atoms with E-state index in [0.717, 1.165) is 0 Å². The summed E-state index contributed by atoms with van der Waals surface area (Å²) in [6, 6.07) is 3.36. The topological polar surface area (TPSA) is 100 Å². The molecule has 126 valence electrons. The van der Waals surface area contributed by atoms with Crippen LogP contribution < -0.4 is 10.6 Å². The van der Waals surface area contributed by atoms with Crippen LogP contribution in [0.2, 0.25) is 0 Å². The second kappa shape index (κ2) is 6.69. The molecule has 3 rings (SSSR count). The van der Waals surface area contributed by atoms with Crippen LogP contribution in [0.1, 0.15) is 35.7 Å². The van der Waals surface area contributed by atoms with Gasteiger partial charge in [-0.05, 0) is 26.0 Å². The third-order valence-corrected chi connectivity index (χ3v) is 3.66. The molecule has 3 amide bonds. The summed E-state index contributed by atoms with van der Waals surface area (Å²) in [4.78, 5) is 30.2. The van der Waals surface area contributed by atoms with Gasteiger partial charge in [-0.25, -0.2) is 4.79 Å². The summed E-state index contributed by atoms with van der Waals surface area (Å²) < 4.78 is 5.27. The highest BCUT2D eigenvalue weighted by atomic mass is 16.5. The highest BCUT2D eigenvalue weighted by Gasteiger charge is 2.29. The molecule has 0 radical (unpaired) electrons. The SMILES string of the molecule is CC(C)NC(=O)N1CCc2onc(C(=O)Nc3cccnc3)c2C1. The van der Waals surface area contributed by atoms with Gasteiger partial charge < -0.3 is 20.1 Å². The molecule has 2 aromatic heterocycles. The van der Waals surface area contributed by atoms with E-state index in [4.69, 9.17) is 4.52 Å². The molecule has 2 N–H and O–H groups in total. The third kappa shape index (κ3) is 3.37. The summed E-state index contributed by atoms with van der Waals surface area (Å²) in [6.45, 7) is 4.64. The fourth-order valence-electron chi connectivity index (χ4n) is 2.53. The number of pyridine rings is 1. The van der Waals surface area contributed by atoms with Crippen LogP contribution in [0.3, 0.4) is 0 Å². The molecule has 0 atom stereocenters. The maximum Gasteiger partial charge on any atom is 0.317 e. The lowest BCUT2D eigenvalue weighted by atomic mass is 10.1. The second-order valence-corrected chi connectivity index (χ2v) is 5.90. The maximum absolute atomic E-state index is 12.4. The van der Waals surface area contributed by atoms with E-state index >= 15 is 0 Å². The van der Waals surface area contributed by atoms with E-state index in [1.165, 1.54) is 0 Å². The minimum Gasteiger partial charge on any atom is -0.360 e. The van der Waals surface area contributed by atoms with Gasteiger partial charge in [0.25, 0.3) is 5.91 Å². The number of nitrogens with zero attached hydrogens (tertiary/aromatic N) is 3. The van der Waals surface area contributed by atoms with Gasteiger partial charge in [0.05, 0.1) is 18.4 Å². The first-order valence-corrected chi connectivity index (χ1v) is 7.79. The summed E-state index contributed by atoms with van der Waals surface area (Å²) in [5.41, 5.74) is 1.43. The summed E-state index contributed by atoms with van der Waals surface area (Å²) in [5.74, 6) is 0.277. The molecule has 1 aliphatic rings. The fourth-order valence-corrected chi connectivity index (χ4v) is 2.53. The monoisotopic (exact) mass is 329 g/mol. The molecule has 1 aliphatic heterocycles. The fraction of sp³-hybridized carbons (Fsp3) is 0.375. The van der Waals surface area contributed by atoms with Crippen molar-refractivity contribution in [2.45, 2.75) is 32.9 Å². The first-order valence-electron chi connectivity index (χ1n) is 7.79. The van der Waals surface area contributed by atoms with Gasteiger partial charge in [0.1, 0.15) is 5.76 Å². The van der Waals surface area contributed by atoms with Crippen molar-refractivity contribution >= 4 is 17.6 Å². The maximum atomic E-state index is 12.4. The van der Waals surface area contributed by atoms with Crippen LogP contribution in [0.25, 0.3) is 0 Å². The molecule has 0 bridgehead atoms. The average molecular weight is 329 g/mol. The number of rotatable bonds is 3. The normalized spacial score (nSPS) is 13.5. The number of carbonyl (C=O) groups is 2. The minimum absolute atomic E-state index is 0.0507. The molecule has 2 aromatic rings. The molecule has 24 heavy (non-hydrogen) atoms. The molecule has 0 spiro atoms. The number of aromatic nitrogens is 2. The molecule has 0 saturated carbocycles. The van der Waals surface area contributed by atoms with Gasteiger partial charge in [-0.15, -0.1) is 0 Å². The quantitative estimate of drug-likeness (QED) is 0.894. The Labute approximate surface area is 139 Å². The summed E-state index contributed by atoms with van der Waals surface area (Å²) in [7, 11) is 0. The summed E-state index contributed by atoms with van der Waals surface area (Å²) in [5, 5.41) is 9.46. The van der Waals surface area contributed by atoms with E-state index in [0.29, 0.717) is 36.5 Å². The highest BCUT2D eigenvalue weighted by molar-refractivity contribution is 6.03. The van der Waals surface area contributed by atoms with Gasteiger partial charge in [0.2, 0.25) is 0 Å². The molecule has 3 heterocycles. The van der Waals surface area contributed by atoms with E-state index in [2.05, 4.69) is 20.8 Å². The van der Waals surface area contributed by atoms with Crippen LogP contribution in [-0.2, 0) is 13.0 Å². The lowest BCUT2D eigenvalue weighted by Gasteiger charge is -2.27.